The summed E-state index contributed by atoms with van der Waals surface area (Å²) in [6, 6.07) is 8.87. The molecule has 9 heteroatoms. The Labute approximate surface area is 219 Å². The smallest absolute Gasteiger partial charge is 0.338 e. The Bertz CT molecular complexity index is 906. The lowest BCUT2D eigenvalue weighted by molar-refractivity contribution is -0.269. The normalized spacial score (nSPS) is 37.6. The van der Waals surface area contributed by atoms with Crippen LogP contribution in [0.3, 0.4) is 0 Å². The predicted molar refractivity (Wildman–Crippen MR) is 133 cm³/mol. The zero-order valence-electron chi connectivity index (χ0n) is 22.3. The molecule has 0 radical (unpaired) electrons. The van der Waals surface area contributed by atoms with Gasteiger partial charge in [0.2, 0.25) is 0 Å². The van der Waals surface area contributed by atoms with E-state index in [2.05, 4.69) is 27.4 Å². The molecule has 206 valence electrons. The Hall–Kier alpha value is -1.85. The third-order valence-corrected chi connectivity index (χ3v) is 7.62. The van der Waals surface area contributed by atoms with Gasteiger partial charge in [-0.15, -0.1) is 6.58 Å². The van der Waals surface area contributed by atoms with Gasteiger partial charge >= 0.3 is 5.97 Å². The van der Waals surface area contributed by atoms with Crippen molar-refractivity contribution in [2.75, 3.05) is 19.8 Å². The quantitative estimate of drug-likeness (QED) is 0.368. The van der Waals surface area contributed by atoms with Gasteiger partial charge in [-0.25, -0.2) is 4.79 Å². The molecule has 9 nitrogen and oxygen atoms in total. The number of esters is 1. The molecule has 1 aromatic carbocycles. The van der Waals surface area contributed by atoms with E-state index < -0.39 is 48.8 Å². The van der Waals surface area contributed by atoms with E-state index >= 15 is 0 Å². The van der Waals surface area contributed by atoms with Crippen molar-refractivity contribution >= 4 is 5.97 Å². The molecule has 0 bridgehead atoms. The summed E-state index contributed by atoms with van der Waals surface area (Å²) in [6.07, 6.45) is -2.64. The van der Waals surface area contributed by atoms with Gasteiger partial charge in [-0.1, -0.05) is 45.0 Å². The predicted octanol–water partition coefficient (Wildman–Crippen LogP) is 3.30. The van der Waals surface area contributed by atoms with Gasteiger partial charge in [0, 0.05) is 5.92 Å². The minimum absolute atomic E-state index is 0.0337. The number of benzene rings is 1. The summed E-state index contributed by atoms with van der Waals surface area (Å²) in [5.41, 5.74) is 0.495. The number of aliphatic hydroxyl groups is 1. The molecule has 10 atom stereocenters. The molecule has 0 aliphatic carbocycles. The number of aliphatic hydroxyl groups excluding tert-OH is 1. The van der Waals surface area contributed by atoms with E-state index in [1.54, 1.807) is 30.3 Å². The molecular weight excluding hydrogens is 480 g/mol. The first kappa shape index (κ1) is 28.2. The Morgan fingerprint density at radius 1 is 1.08 bits per heavy atom. The van der Waals surface area contributed by atoms with Crippen molar-refractivity contribution in [3.8, 4) is 0 Å². The maximum absolute atomic E-state index is 12.4. The first-order valence-electron chi connectivity index (χ1n) is 13.0. The minimum atomic E-state index is -1.00. The van der Waals surface area contributed by atoms with Crippen LogP contribution >= 0.6 is 0 Å². The van der Waals surface area contributed by atoms with Crippen molar-refractivity contribution in [3.05, 3.63) is 48.6 Å². The van der Waals surface area contributed by atoms with Crippen LogP contribution in [0.2, 0.25) is 0 Å². The lowest BCUT2D eigenvalue weighted by atomic mass is 9.79. The monoisotopic (exact) mass is 520 g/mol. The highest BCUT2D eigenvalue weighted by Crippen LogP contribution is 2.40. The van der Waals surface area contributed by atoms with Crippen molar-refractivity contribution in [1.29, 1.82) is 0 Å². The molecule has 3 aliphatic rings. The molecule has 4 rings (SSSR count). The number of carbonyl (C=O) groups is 1. The van der Waals surface area contributed by atoms with E-state index in [1.165, 1.54) is 0 Å². The fourth-order valence-electron chi connectivity index (χ4n) is 5.15. The first-order chi connectivity index (χ1) is 17.6. The highest BCUT2D eigenvalue weighted by Gasteiger charge is 2.57. The van der Waals surface area contributed by atoms with Crippen molar-refractivity contribution in [2.45, 2.75) is 83.5 Å². The number of carbonyl (C=O) groups excluding carboxylic acids is 1. The molecular formula is C28H40O9. The number of rotatable bonds is 10. The zero-order valence-corrected chi connectivity index (χ0v) is 22.3. The van der Waals surface area contributed by atoms with Crippen molar-refractivity contribution in [3.63, 3.8) is 0 Å². The molecule has 37 heavy (non-hydrogen) atoms. The van der Waals surface area contributed by atoms with Crippen molar-refractivity contribution < 1.29 is 43.1 Å². The van der Waals surface area contributed by atoms with Crippen LogP contribution in [0.25, 0.3) is 0 Å². The van der Waals surface area contributed by atoms with Gasteiger partial charge in [0.15, 0.2) is 18.4 Å². The van der Waals surface area contributed by atoms with Crippen LogP contribution in [-0.2, 0) is 33.2 Å². The third-order valence-electron chi connectivity index (χ3n) is 7.62. The van der Waals surface area contributed by atoms with E-state index in [9.17, 15) is 9.90 Å². The highest BCUT2D eigenvalue weighted by molar-refractivity contribution is 5.89. The average molecular weight is 521 g/mol. The van der Waals surface area contributed by atoms with Gasteiger partial charge in [0.05, 0.1) is 24.9 Å². The lowest BCUT2D eigenvalue weighted by Crippen LogP contribution is -2.50. The SMILES string of the molecule is C=CCO[C@@H]1[C@@H]2OC(C)(C)O[C@H]2O[C@@H]1C(O)CO[C@H]1OC(COC(=O)c2ccccc2)[C@@H](C)[C@H](C)C1C. The molecule has 0 aromatic heterocycles. The lowest BCUT2D eigenvalue weighted by Gasteiger charge is -2.43. The van der Waals surface area contributed by atoms with Crippen molar-refractivity contribution in [2.24, 2.45) is 17.8 Å². The topological polar surface area (TPSA) is 102 Å². The van der Waals surface area contributed by atoms with Gasteiger partial charge in [-0.3, -0.25) is 0 Å². The zero-order chi connectivity index (χ0) is 26.7. The second-order valence-electron chi connectivity index (χ2n) is 10.6. The second-order valence-corrected chi connectivity index (χ2v) is 10.6. The largest absolute Gasteiger partial charge is 0.459 e. The summed E-state index contributed by atoms with van der Waals surface area (Å²) in [5.74, 6) is -0.735. The fraction of sp³-hybridized carbons (Fsp3) is 0.679. The van der Waals surface area contributed by atoms with Gasteiger partial charge in [0.1, 0.15) is 31.0 Å². The maximum atomic E-state index is 12.4. The Kier molecular flexibility index (Phi) is 9.06. The van der Waals surface area contributed by atoms with E-state index in [1.807, 2.05) is 19.9 Å². The second kappa shape index (κ2) is 11.9. The molecule has 0 spiro atoms. The molecule has 3 unspecified atom stereocenters. The summed E-state index contributed by atoms with van der Waals surface area (Å²) < 4.78 is 41.5. The maximum Gasteiger partial charge on any atom is 0.338 e. The van der Waals surface area contributed by atoms with E-state index in [4.69, 9.17) is 33.2 Å². The van der Waals surface area contributed by atoms with Gasteiger partial charge in [0.25, 0.3) is 0 Å². The molecule has 3 fully saturated rings. The summed E-state index contributed by atoms with van der Waals surface area (Å²) in [4.78, 5) is 12.4. The number of ether oxygens (including phenoxy) is 7. The summed E-state index contributed by atoms with van der Waals surface area (Å²) in [7, 11) is 0. The van der Waals surface area contributed by atoms with Crippen LogP contribution in [0.5, 0.6) is 0 Å². The Morgan fingerprint density at radius 2 is 1.81 bits per heavy atom. The molecule has 1 N–H and O–H groups in total. The number of hydrogen-bond acceptors (Lipinski definition) is 9. The minimum Gasteiger partial charge on any atom is -0.459 e. The van der Waals surface area contributed by atoms with E-state index in [-0.39, 0.29) is 43.7 Å². The number of fused-ring (bicyclic) bond motifs is 1. The van der Waals surface area contributed by atoms with E-state index in [0.717, 1.165) is 0 Å². The first-order valence-corrected chi connectivity index (χ1v) is 13.0. The molecule has 3 saturated heterocycles. The fourth-order valence-corrected chi connectivity index (χ4v) is 5.15. The number of hydrogen-bond donors (Lipinski definition) is 1. The van der Waals surface area contributed by atoms with Crippen LogP contribution in [0, 0.1) is 17.8 Å². The van der Waals surface area contributed by atoms with Crippen LogP contribution in [0.15, 0.2) is 43.0 Å². The van der Waals surface area contributed by atoms with Crippen molar-refractivity contribution in [1.82, 2.24) is 0 Å². The Morgan fingerprint density at radius 3 is 2.51 bits per heavy atom. The van der Waals surface area contributed by atoms with Gasteiger partial charge in [-0.05, 0) is 37.8 Å². The molecule has 0 saturated carbocycles. The third kappa shape index (κ3) is 6.42. The highest BCUT2D eigenvalue weighted by atomic mass is 16.8. The molecule has 3 heterocycles. The summed E-state index contributed by atoms with van der Waals surface area (Å²) >= 11 is 0. The summed E-state index contributed by atoms with van der Waals surface area (Å²) in [5, 5.41) is 11.0. The standard InChI is InChI=1S/C28H40O9/c1-7-13-31-23-22(35-27-24(23)36-28(5,6)37-27)20(29)14-33-26-18(4)16(2)17(3)21(34-26)15-32-25(30)19-11-9-8-10-12-19/h7-12,16-18,20-24,26-27,29H,1,13-15H2,2-6H3/t16-,17-,18?,20?,21?,22+,23-,24-,26-,27+/m0/s1. The Balaban J connectivity index is 1.34. The van der Waals surface area contributed by atoms with E-state index in [0.29, 0.717) is 5.56 Å². The van der Waals surface area contributed by atoms with Gasteiger partial charge in [-0.2, -0.15) is 0 Å². The van der Waals surface area contributed by atoms with Crippen LogP contribution in [0.1, 0.15) is 45.0 Å². The van der Waals surface area contributed by atoms with Crippen LogP contribution in [-0.4, -0.2) is 79.8 Å². The van der Waals surface area contributed by atoms with Crippen LogP contribution < -0.4 is 0 Å². The molecule has 1 aromatic rings. The average Bonchev–Trinajstić information content (AvgIpc) is 3.36. The van der Waals surface area contributed by atoms with Crippen LogP contribution in [0.4, 0.5) is 0 Å². The molecule has 0 amide bonds. The van der Waals surface area contributed by atoms with Gasteiger partial charge < -0.3 is 38.3 Å². The summed E-state index contributed by atoms with van der Waals surface area (Å²) in [6.45, 7) is 14.0. The molecule has 3 aliphatic heterocycles.